The van der Waals surface area contributed by atoms with Crippen molar-refractivity contribution in [2.75, 3.05) is 19.7 Å². The van der Waals surface area contributed by atoms with E-state index in [1.807, 2.05) is 0 Å². The number of ether oxygens (including phenoxy) is 1. The maximum Gasteiger partial charge on any atom is 0.522 e. The van der Waals surface area contributed by atoms with Crippen LogP contribution in [0.5, 0.6) is 0 Å². The van der Waals surface area contributed by atoms with Gasteiger partial charge in [0.25, 0.3) is 0 Å². The topological polar surface area (TPSA) is 21.3 Å². The van der Waals surface area contributed by atoms with Crippen LogP contribution >= 0.6 is 11.6 Å². The van der Waals surface area contributed by atoms with Gasteiger partial charge in [-0.05, 0) is 5.92 Å². The lowest BCUT2D eigenvalue weighted by atomic mass is 9.99. The molecule has 1 unspecified atom stereocenters. The Morgan fingerprint density at radius 3 is 2.25 bits per heavy atom. The summed E-state index contributed by atoms with van der Waals surface area (Å²) in [5, 5.41) is 2.81. The molecule has 0 aromatic heterocycles. The molecule has 2 nitrogen and oxygen atoms in total. The highest BCUT2D eigenvalue weighted by Crippen LogP contribution is 2.18. The van der Waals surface area contributed by atoms with Crippen LogP contribution in [0.4, 0.5) is 13.2 Å². The molecule has 98 valence electrons. The van der Waals surface area contributed by atoms with Crippen molar-refractivity contribution in [1.82, 2.24) is 5.32 Å². The first-order valence-corrected chi connectivity index (χ1v) is 5.89. The maximum absolute atomic E-state index is 11.6. The zero-order valence-corrected chi connectivity index (χ0v) is 10.4. The van der Waals surface area contributed by atoms with Gasteiger partial charge in [-0.15, -0.1) is 24.8 Å². The van der Waals surface area contributed by atoms with E-state index in [0.29, 0.717) is 12.5 Å². The molecule has 0 heterocycles. The molecule has 1 atom stereocenters. The Bertz CT molecular complexity index is 174. The van der Waals surface area contributed by atoms with Crippen molar-refractivity contribution in [2.45, 2.75) is 38.4 Å². The van der Waals surface area contributed by atoms with Gasteiger partial charge in [-0.2, -0.15) is 0 Å². The SMILES string of the molecule is CCC(CC)C(Cl)CNCCOC(F)(F)F. The molecule has 0 aromatic rings. The fourth-order valence-corrected chi connectivity index (χ4v) is 1.91. The van der Waals surface area contributed by atoms with Gasteiger partial charge < -0.3 is 5.32 Å². The summed E-state index contributed by atoms with van der Waals surface area (Å²) in [7, 11) is 0. The summed E-state index contributed by atoms with van der Waals surface area (Å²) in [6, 6.07) is 0. The first-order valence-electron chi connectivity index (χ1n) is 5.46. The molecular formula is C10H19ClF3NO. The summed E-state index contributed by atoms with van der Waals surface area (Å²) >= 11 is 6.09. The Labute approximate surface area is 99.5 Å². The van der Waals surface area contributed by atoms with Crippen molar-refractivity contribution in [3.05, 3.63) is 0 Å². The molecule has 0 aromatic carbocycles. The van der Waals surface area contributed by atoms with Crippen LogP contribution in [-0.4, -0.2) is 31.4 Å². The molecule has 0 aliphatic rings. The quantitative estimate of drug-likeness (QED) is 0.535. The Morgan fingerprint density at radius 1 is 1.25 bits per heavy atom. The van der Waals surface area contributed by atoms with Crippen LogP contribution in [0.25, 0.3) is 0 Å². The van der Waals surface area contributed by atoms with E-state index in [-0.39, 0.29) is 18.5 Å². The van der Waals surface area contributed by atoms with Crippen molar-refractivity contribution < 1.29 is 17.9 Å². The molecule has 0 spiro atoms. The smallest absolute Gasteiger partial charge is 0.313 e. The molecule has 0 fully saturated rings. The zero-order valence-electron chi connectivity index (χ0n) is 9.61. The van der Waals surface area contributed by atoms with E-state index in [1.54, 1.807) is 0 Å². The Kier molecular flexibility index (Phi) is 8.14. The minimum Gasteiger partial charge on any atom is -0.313 e. The van der Waals surface area contributed by atoms with Gasteiger partial charge in [-0.25, -0.2) is 0 Å². The summed E-state index contributed by atoms with van der Waals surface area (Å²) in [5.74, 6) is 0.401. The summed E-state index contributed by atoms with van der Waals surface area (Å²) in [6.45, 7) is 4.39. The van der Waals surface area contributed by atoms with Gasteiger partial charge in [-0.1, -0.05) is 26.7 Å². The molecule has 0 bridgehead atoms. The molecule has 0 saturated heterocycles. The average molecular weight is 262 g/mol. The lowest BCUT2D eigenvalue weighted by Crippen LogP contribution is -2.32. The number of hydrogen-bond donors (Lipinski definition) is 1. The molecule has 0 saturated carbocycles. The van der Waals surface area contributed by atoms with Crippen molar-refractivity contribution >= 4 is 11.6 Å². The highest BCUT2D eigenvalue weighted by atomic mass is 35.5. The largest absolute Gasteiger partial charge is 0.522 e. The van der Waals surface area contributed by atoms with E-state index in [1.165, 1.54) is 0 Å². The van der Waals surface area contributed by atoms with Crippen molar-refractivity contribution in [3.8, 4) is 0 Å². The molecular weight excluding hydrogens is 243 g/mol. The third kappa shape index (κ3) is 8.19. The molecule has 0 amide bonds. The van der Waals surface area contributed by atoms with Gasteiger partial charge in [0.1, 0.15) is 0 Å². The third-order valence-corrected chi connectivity index (χ3v) is 2.95. The second-order valence-corrected chi connectivity index (χ2v) is 4.15. The van der Waals surface area contributed by atoms with E-state index in [0.717, 1.165) is 12.8 Å². The number of alkyl halides is 4. The van der Waals surface area contributed by atoms with E-state index in [2.05, 4.69) is 23.9 Å². The second-order valence-electron chi connectivity index (χ2n) is 3.59. The highest BCUT2D eigenvalue weighted by Gasteiger charge is 2.28. The number of halogens is 4. The summed E-state index contributed by atoms with van der Waals surface area (Å²) < 4.78 is 38.4. The van der Waals surface area contributed by atoms with Crippen LogP contribution in [-0.2, 0) is 4.74 Å². The van der Waals surface area contributed by atoms with Crippen molar-refractivity contribution in [1.29, 1.82) is 0 Å². The van der Waals surface area contributed by atoms with Crippen LogP contribution in [0.2, 0.25) is 0 Å². The predicted molar refractivity (Wildman–Crippen MR) is 58.6 cm³/mol. The summed E-state index contributed by atoms with van der Waals surface area (Å²) in [6.07, 6.45) is -2.59. The Balaban J connectivity index is 3.51. The van der Waals surface area contributed by atoms with Gasteiger partial charge in [0, 0.05) is 18.5 Å². The van der Waals surface area contributed by atoms with Crippen LogP contribution in [0, 0.1) is 5.92 Å². The van der Waals surface area contributed by atoms with Crippen LogP contribution in [0.1, 0.15) is 26.7 Å². The fraction of sp³-hybridized carbons (Fsp3) is 1.00. The van der Waals surface area contributed by atoms with E-state index in [4.69, 9.17) is 11.6 Å². The minimum absolute atomic E-state index is 0.0408. The summed E-state index contributed by atoms with van der Waals surface area (Å²) in [5.41, 5.74) is 0. The average Bonchev–Trinajstić information content (AvgIpc) is 2.17. The first-order chi connectivity index (χ1) is 7.40. The van der Waals surface area contributed by atoms with Gasteiger partial charge in [0.05, 0.1) is 6.61 Å². The van der Waals surface area contributed by atoms with Gasteiger partial charge in [0.2, 0.25) is 0 Å². The standard InChI is InChI=1S/C10H19ClF3NO/c1-3-8(4-2)9(11)7-15-5-6-16-10(12,13)14/h8-9,15H,3-7H2,1-2H3. The first kappa shape index (κ1) is 16.0. The molecule has 6 heteroatoms. The van der Waals surface area contributed by atoms with Crippen LogP contribution < -0.4 is 5.32 Å². The van der Waals surface area contributed by atoms with Crippen LogP contribution in [0.3, 0.4) is 0 Å². The van der Waals surface area contributed by atoms with E-state index in [9.17, 15) is 13.2 Å². The lowest BCUT2D eigenvalue weighted by molar-refractivity contribution is -0.323. The lowest BCUT2D eigenvalue weighted by Gasteiger charge is -2.19. The number of rotatable bonds is 8. The van der Waals surface area contributed by atoms with E-state index >= 15 is 0 Å². The molecule has 1 N–H and O–H groups in total. The Morgan fingerprint density at radius 2 is 1.81 bits per heavy atom. The highest BCUT2D eigenvalue weighted by molar-refractivity contribution is 6.21. The van der Waals surface area contributed by atoms with Crippen LogP contribution in [0.15, 0.2) is 0 Å². The van der Waals surface area contributed by atoms with Gasteiger partial charge in [-0.3, -0.25) is 4.74 Å². The number of hydrogen-bond acceptors (Lipinski definition) is 2. The van der Waals surface area contributed by atoms with Crippen molar-refractivity contribution in [3.63, 3.8) is 0 Å². The van der Waals surface area contributed by atoms with Gasteiger partial charge >= 0.3 is 6.36 Å². The normalized spacial score (nSPS) is 14.4. The predicted octanol–water partition coefficient (Wildman–Crippen LogP) is 3.16. The zero-order chi connectivity index (χ0) is 12.6. The molecule has 0 aliphatic heterocycles. The minimum atomic E-state index is -4.54. The van der Waals surface area contributed by atoms with Crippen molar-refractivity contribution in [2.24, 2.45) is 5.92 Å². The second kappa shape index (κ2) is 8.14. The summed E-state index contributed by atoms with van der Waals surface area (Å²) in [4.78, 5) is 0. The number of nitrogens with one attached hydrogen (secondary N) is 1. The molecule has 16 heavy (non-hydrogen) atoms. The Hall–Kier alpha value is -0.0000000000000000555. The molecule has 0 radical (unpaired) electrons. The fourth-order valence-electron chi connectivity index (χ4n) is 1.45. The monoisotopic (exact) mass is 261 g/mol. The third-order valence-electron chi connectivity index (χ3n) is 2.44. The maximum atomic E-state index is 11.6. The molecule has 0 rings (SSSR count). The van der Waals surface area contributed by atoms with E-state index < -0.39 is 6.36 Å². The van der Waals surface area contributed by atoms with Gasteiger partial charge in [0.15, 0.2) is 0 Å². The molecule has 0 aliphatic carbocycles.